The first kappa shape index (κ1) is 18.1. The lowest BCUT2D eigenvalue weighted by Gasteiger charge is -2.38. The predicted octanol–water partition coefficient (Wildman–Crippen LogP) is 3.29. The first-order chi connectivity index (χ1) is 13.1. The minimum atomic E-state index is 0.0716. The molecule has 142 valence electrons. The van der Waals surface area contributed by atoms with Gasteiger partial charge in [-0.15, -0.1) is 0 Å². The van der Waals surface area contributed by atoms with Gasteiger partial charge in [-0.3, -0.25) is 9.69 Å². The summed E-state index contributed by atoms with van der Waals surface area (Å²) in [6.45, 7) is 2.64. The Hall–Kier alpha value is -2.33. The maximum atomic E-state index is 13.2. The Bertz CT molecular complexity index is 817. The lowest BCUT2D eigenvalue weighted by molar-refractivity contribution is -0.132. The fraction of sp³-hybridized carbons (Fsp3) is 0.435. The normalized spacial score (nSPS) is 22.5. The number of benzene rings is 2. The van der Waals surface area contributed by atoms with Crippen LogP contribution < -0.4 is 4.74 Å². The van der Waals surface area contributed by atoms with Crippen molar-refractivity contribution in [3.63, 3.8) is 0 Å². The summed E-state index contributed by atoms with van der Waals surface area (Å²) in [7, 11) is 3.87. The molecule has 1 amide bonds. The van der Waals surface area contributed by atoms with Gasteiger partial charge in [0.1, 0.15) is 5.75 Å². The zero-order chi connectivity index (χ0) is 18.9. The van der Waals surface area contributed by atoms with Gasteiger partial charge in [0.25, 0.3) is 0 Å². The van der Waals surface area contributed by atoms with E-state index in [9.17, 15) is 4.79 Å². The van der Waals surface area contributed by atoms with Crippen molar-refractivity contribution in [2.75, 3.05) is 27.2 Å². The van der Waals surface area contributed by atoms with Crippen molar-refractivity contribution in [1.29, 1.82) is 0 Å². The molecule has 2 aromatic rings. The van der Waals surface area contributed by atoms with Gasteiger partial charge < -0.3 is 9.64 Å². The van der Waals surface area contributed by atoms with Crippen molar-refractivity contribution in [1.82, 2.24) is 9.80 Å². The van der Waals surface area contributed by atoms with Crippen LogP contribution in [-0.4, -0.2) is 48.5 Å². The summed E-state index contributed by atoms with van der Waals surface area (Å²) in [5.74, 6) is 1.03. The van der Waals surface area contributed by atoms with Gasteiger partial charge in [0.05, 0.1) is 13.5 Å². The molecule has 0 bridgehead atoms. The number of carbonyl (C=O) groups is 1. The molecule has 1 unspecified atom stereocenters. The van der Waals surface area contributed by atoms with Crippen LogP contribution >= 0.6 is 0 Å². The average molecular weight is 364 g/mol. The van der Waals surface area contributed by atoms with E-state index < -0.39 is 0 Å². The lowest BCUT2D eigenvalue weighted by Crippen LogP contribution is -2.52. The van der Waals surface area contributed by atoms with Gasteiger partial charge in [-0.25, -0.2) is 0 Å². The van der Waals surface area contributed by atoms with E-state index in [0.717, 1.165) is 37.2 Å². The minimum Gasteiger partial charge on any atom is -0.497 e. The second kappa shape index (κ2) is 7.35. The van der Waals surface area contributed by atoms with Crippen LogP contribution in [0.5, 0.6) is 5.75 Å². The Morgan fingerprint density at radius 1 is 1.11 bits per heavy atom. The van der Waals surface area contributed by atoms with Gasteiger partial charge in [-0.2, -0.15) is 0 Å². The quantitative estimate of drug-likeness (QED) is 0.838. The molecule has 4 heteroatoms. The number of nitrogens with zero attached hydrogens (tertiary/aromatic N) is 2. The van der Waals surface area contributed by atoms with Crippen molar-refractivity contribution in [3.8, 4) is 5.75 Å². The summed E-state index contributed by atoms with van der Waals surface area (Å²) in [6.07, 6.45) is 3.83. The molecule has 0 aliphatic carbocycles. The van der Waals surface area contributed by atoms with Gasteiger partial charge in [0.2, 0.25) is 5.91 Å². The number of likely N-dealkylation sites (N-methyl/N-ethyl adjacent to an activating group) is 1. The smallest absolute Gasteiger partial charge is 0.227 e. The highest BCUT2D eigenvalue weighted by Crippen LogP contribution is 2.36. The van der Waals surface area contributed by atoms with Crippen LogP contribution in [0.2, 0.25) is 0 Å². The number of methoxy groups -OCH3 is 1. The Morgan fingerprint density at radius 2 is 1.85 bits per heavy atom. The summed E-state index contributed by atoms with van der Waals surface area (Å²) in [5.41, 5.74) is 3.79. The maximum Gasteiger partial charge on any atom is 0.227 e. The zero-order valence-corrected chi connectivity index (χ0v) is 16.3. The number of carbonyl (C=O) groups excluding carboxylic acids is 1. The molecule has 0 N–H and O–H groups in total. The van der Waals surface area contributed by atoms with E-state index in [1.807, 2.05) is 24.3 Å². The van der Waals surface area contributed by atoms with E-state index in [-0.39, 0.29) is 11.4 Å². The molecule has 0 radical (unpaired) electrons. The SMILES string of the molecule is COc1ccc(CC(=O)N2Cc3ccccc3CC3(CCCN3C)C2)cc1. The molecule has 2 aromatic carbocycles. The zero-order valence-electron chi connectivity index (χ0n) is 16.3. The first-order valence-electron chi connectivity index (χ1n) is 9.78. The summed E-state index contributed by atoms with van der Waals surface area (Å²) in [5, 5.41) is 0. The molecule has 2 aliphatic rings. The summed E-state index contributed by atoms with van der Waals surface area (Å²) < 4.78 is 5.22. The third-order valence-corrected chi connectivity index (χ3v) is 6.30. The summed E-state index contributed by atoms with van der Waals surface area (Å²) in [6, 6.07) is 16.4. The molecule has 1 fully saturated rings. The van der Waals surface area contributed by atoms with Crippen molar-refractivity contribution in [2.45, 2.75) is 37.8 Å². The van der Waals surface area contributed by atoms with Gasteiger partial charge >= 0.3 is 0 Å². The van der Waals surface area contributed by atoms with Crippen molar-refractivity contribution < 1.29 is 9.53 Å². The number of fused-ring (bicyclic) bond motifs is 1. The maximum absolute atomic E-state index is 13.2. The second-order valence-corrected chi connectivity index (χ2v) is 7.97. The Labute approximate surface area is 161 Å². The van der Waals surface area contributed by atoms with Crippen LogP contribution in [-0.2, 0) is 24.2 Å². The average Bonchev–Trinajstić information content (AvgIpc) is 2.93. The first-order valence-corrected chi connectivity index (χ1v) is 9.78. The number of likely N-dealkylation sites (tertiary alicyclic amines) is 1. The van der Waals surface area contributed by atoms with Gasteiger partial charge in [-0.1, -0.05) is 36.4 Å². The highest BCUT2D eigenvalue weighted by atomic mass is 16.5. The van der Waals surface area contributed by atoms with Crippen LogP contribution in [0.4, 0.5) is 0 Å². The number of hydrogen-bond acceptors (Lipinski definition) is 3. The van der Waals surface area contributed by atoms with Crippen LogP contribution in [0, 0.1) is 0 Å². The molecule has 1 spiro atoms. The molecule has 4 nitrogen and oxygen atoms in total. The van der Waals surface area contributed by atoms with Gasteiger partial charge in [0, 0.05) is 18.6 Å². The predicted molar refractivity (Wildman–Crippen MR) is 107 cm³/mol. The van der Waals surface area contributed by atoms with Crippen LogP contribution in [0.3, 0.4) is 0 Å². The number of rotatable bonds is 3. The minimum absolute atomic E-state index is 0.0716. The standard InChI is InChI=1S/C23H28N2O2/c1-24-13-5-12-23(24)15-19-6-3-4-7-20(19)16-25(17-23)22(26)14-18-8-10-21(27-2)11-9-18/h3-4,6-11H,5,12-17H2,1-2H3. The second-order valence-electron chi connectivity index (χ2n) is 7.97. The van der Waals surface area contributed by atoms with E-state index >= 15 is 0 Å². The number of amides is 1. The Kier molecular flexibility index (Phi) is 4.92. The molecule has 2 aliphatic heterocycles. The monoisotopic (exact) mass is 364 g/mol. The Morgan fingerprint density at radius 3 is 2.52 bits per heavy atom. The van der Waals surface area contributed by atoms with E-state index in [4.69, 9.17) is 4.74 Å². The molecule has 4 rings (SSSR count). The van der Waals surface area contributed by atoms with E-state index in [0.29, 0.717) is 13.0 Å². The largest absolute Gasteiger partial charge is 0.497 e. The highest BCUT2D eigenvalue weighted by Gasteiger charge is 2.43. The van der Waals surface area contributed by atoms with Crippen molar-refractivity contribution in [2.24, 2.45) is 0 Å². The molecule has 2 heterocycles. The number of hydrogen-bond donors (Lipinski definition) is 0. The molecule has 0 saturated carbocycles. The van der Waals surface area contributed by atoms with E-state index in [1.54, 1.807) is 7.11 Å². The third-order valence-electron chi connectivity index (χ3n) is 6.30. The van der Waals surface area contributed by atoms with E-state index in [2.05, 4.69) is 41.1 Å². The van der Waals surface area contributed by atoms with Crippen LogP contribution in [0.1, 0.15) is 29.5 Å². The van der Waals surface area contributed by atoms with E-state index in [1.165, 1.54) is 17.5 Å². The van der Waals surface area contributed by atoms with Crippen LogP contribution in [0.25, 0.3) is 0 Å². The molecule has 0 aromatic heterocycles. The fourth-order valence-electron chi connectivity index (χ4n) is 4.61. The summed E-state index contributed by atoms with van der Waals surface area (Å²) in [4.78, 5) is 17.8. The summed E-state index contributed by atoms with van der Waals surface area (Å²) >= 11 is 0. The third kappa shape index (κ3) is 3.59. The Balaban J connectivity index is 1.59. The van der Waals surface area contributed by atoms with Crippen molar-refractivity contribution >= 4 is 5.91 Å². The molecular weight excluding hydrogens is 336 g/mol. The molecular formula is C23H28N2O2. The lowest BCUT2D eigenvalue weighted by atomic mass is 9.87. The molecule has 1 saturated heterocycles. The van der Waals surface area contributed by atoms with Gasteiger partial charge in [-0.05, 0) is 61.7 Å². The fourth-order valence-corrected chi connectivity index (χ4v) is 4.61. The molecule has 27 heavy (non-hydrogen) atoms. The van der Waals surface area contributed by atoms with Crippen LogP contribution in [0.15, 0.2) is 48.5 Å². The van der Waals surface area contributed by atoms with Gasteiger partial charge in [0.15, 0.2) is 0 Å². The molecule has 1 atom stereocenters. The topological polar surface area (TPSA) is 32.8 Å². The highest BCUT2D eigenvalue weighted by molar-refractivity contribution is 5.79. The van der Waals surface area contributed by atoms with Crippen molar-refractivity contribution in [3.05, 3.63) is 65.2 Å². The number of ether oxygens (including phenoxy) is 1.